The summed E-state index contributed by atoms with van der Waals surface area (Å²) in [6.07, 6.45) is 24.6. The molecule has 0 saturated carbocycles. The van der Waals surface area contributed by atoms with Gasteiger partial charge in [-0.3, -0.25) is 4.79 Å². The quantitative estimate of drug-likeness (QED) is 0.275. The van der Waals surface area contributed by atoms with E-state index in [0.717, 1.165) is 45.6 Å². The molecule has 0 aliphatic carbocycles. The zero-order chi connectivity index (χ0) is 25.4. The summed E-state index contributed by atoms with van der Waals surface area (Å²) in [4.78, 5) is 17.5. The predicted molar refractivity (Wildman–Crippen MR) is 153 cm³/mol. The number of nitrogens with zero attached hydrogens (tertiary/aromatic N) is 2. The van der Waals surface area contributed by atoms with Crippen molar-refractivity contribution >= 4 is 5.91 Å². The van der Waals surface area contributed by atoms with E-state index < -0.39 is 0 Å². The molecular formula is C30H62N4O. The van der Waals surface area contributed by atoms with Crippen molar-refractivity contribution in [3.63, 3.8) is 0 Å². The average molecular weight is 495 g/mol. The van der Waals surface area contributed by atoms with Crippen LogP contribution in [0.4, 0.5) is 0 Å². The zero-order valence-corrected chi connectivity index (χ0v) is 24.1. The molecule has 1 aliphatic heterocycles. The monoisotopic (exact) mass is 494 g/mol. The number of carbonyl (C=O) groups excluding carboxylic acids is 1. The van der Waals surface area contributed by atoms with E-state index in [2.05, 4.69) is 41.5 Å². The Morgan fingerprint density at radius 3 is 1.91 bits per heavy atom. The summed E-state index contributed by atoms with van der Waals surface area (Å²) in [7, 11) is 4.48. The lowest BCUT2D eigenvalue weighted by atomic mass is 10.0. The van der Waals surface area contributed by atoms with Gasteiger partial charge < -0.3 is 20.4 Å². The molecule has 0 unspecified atom stereocenters. The minimum atomic E-state index is 0.234. The summed E-state index contributed by atoms with van der Waals surface area (Å²) in [5.41, 5.74) is 0. The van der Waals surface area contributed by atoms with Crippen molar-refractivity contribution in [2.45, 2.75) is 135 Å². The van der Waals surface area contributed by atoms with E-state index in [1.807, 2.05) is 0 Å². The molecule has 1 heterocycles. The molecule has 1 fully saturated rings. The maximum atomic E-state index is 12.6. The highest BCUT2D eigenvalue weighted by atomic mass is 16.1. The molecule has 0 aromatic carbocycles. The Bertz CT molecular complexity index is 473. The van der Waals surface area contributed by atoms with Crippen molar-refractivity contribution < 1.29 is 4.79 Å². The van der Waals surface area contributed by atoms with Crippen LogP contribution < -0.4 is 10.6 Å². The van der Waals surface area contributed by atoms with Gasteiger partial charge in [0, 0.05) is 19.0 Å². The summed E-state index contributed by atoms with van der Waals surface area (Å²) < 4.78 is 0. The van der Waals surface area contributed by atoms with Gasteiger partial charge in [0.05, 0.1) is 0 Å². The summed E-state index contributed by atoms with van der Waals surface area (Å²) in [6.45, 7) is 8.60. The predicted octanol–water partition coefficient (Wildman–Crippen LogP) is 6.37. The van der Waals surface area contributed by atoms with Crippen LogP contribution in [0.5, 0.6) is 0 Å². The Morgan fingerprint density at radius 1 is 0.686 bits per heavy atom. The molecule has 5 nitrogen and oxygen atoms in total. The third kappa shape index (κ3) is 20.1. The first-order valence-corrected chi connectivity index (χ1v) is 15.5. The molecule has 35 heavy (non-hydrogen) atoms. The molecule has 1 aliphatic rings. The summed E-state index contributed by atoms with van der Waals surface area (Å²) in [5.74, 6) is 0.234. The van der Waals surface area contributed by atoms with E-state index in [9.17, 15) is 4.79 Å². The number of carbonyl (C=O) groups is 1. The third-order valence-electron chi connectivity index (χ3n) is 7.73. The summed E-state index contributed by atoms with van der Waals surface area (Å²) in [5, 5.41) is 6.68. The van der Waals surface area contributed by atoms with Gasteiger partial charge in [-0.2, -0.15) is 0 Å². The normalized spacial score (nSPS) is 21.0. The van der Waals surface area contributed by atoms with Crippen LogP contribution in [0, 0.1) is 0 Å². The highest BCUT2D eigenvalue weighted by Gasteiger charge is 2.18. The second-order valence-electron chi connectivity index (χ2n) is 11.2. The Labute approximate surface area is 219 Å². The van der Waals surface area contributed by atoms with Crippen molar-refractivity contribution in [2.24, 2.45) is 0 Å². The van der Waals surface area contributed by atoms with Gasteiger partial charge in [0.15, 0.2) is 0 Å². The molecule has 0 spiro atoms. The fourth-order valence-electron chi connectivity index (χ4n) is 5.24. The highest BCUT2D eigenvalue weighted by molar-refractivity contribution is 5.76. The van der Waals surface area contributed by atoms with E-state index >= 15 is 0 Å². The molecule has 1 saturated heterocycles. The summed E-state index contributed by atoms with van der Waals surface area (Å²) in [6, 6.07) is 0.377. The first-order chi connectivity index (χ1) is 17.1. The van der Waals surface area contributed by atoms with E-state index in [0.29, 0.717) is 12.5 Å². The number of rotatable bonds is 14. The standard InChI is InChI=1S/C30H62N4O/c1-4-5-6-7-8-9-10-11-12-13-14-15-16-21-29-28-30(35)32-24-19-23-31-22-17-18-25-33(2)26-20-27-34(29)3/h29,31H,4-28H2,1-3H3,(H,32,35)/t29-/m1/s1. The molecule has 0 radical (unpaired) electrons. The van der Waals surface area contributed by atoms with Gasteiger partial charge in [-0.25, -0.2) is 0 Å². The molecule has 0 aromatic heterocycles. The zero-order valence-electron chi connectivity index (χ0n) is 24.1. The van der Waals surface area contributed by atoms with Gasteiger partial charge >= 0.3 is 0 Å². The largest absolute Gasteiger partial charge is 0.356 e. The lowest BCUT2D eigenvalue weighted by Crippen LogP contribution is -2.39. The van der Waals surface area contributed by atoms with Gasteiger partial charge in [-0.15, -0.1) is 0 Å². The van der Waals surface area contributed by atoms with Crippen LogP contribution in [0.15, 0.2) is 0 Å². The lowest BCUT2D eigenvalue weighted by molar-refractivity contribution is -0.122. The average Bonchev–Trinajstić information content (AvgIpc) is 2.84. The number of amides is 1. The second-order valence-corrected chi connectivity index (χ2v) is 11.2. The lowest BCUT2D eigenvalue weighted by Gasteiger charge is -2.28. The van der Waals surface area contributed by atoms with Gasteiger partial charge in [-0.1, -0.05) is 90.4 Å². The van der Waals surface area contributed by atoms with E-state index in [-0.39, 0.29) is 5.91 Å². The fraction of sp³-hybridized carbons (Fsp3) is 0.967. The molecular weight excluding hydrogens is 432 g/mol. The van der Waals surface area contributed by atoms with Gasteiger partial charge in [0.25, 0.3) is 0 Å². The number of unbranched alkanes of at least 4 members (excludes halogenated alkanes) is 12. The molecule has 1 atom stereocenters. The minimum Gasteiger partial charge on any atom is -0.356 e. The van der Waals surface area contributed by atoms with Crippen molar-refractivity contribution in [3.05, 3.63) is 0 Å². The minimum absolute atomic E-state index is 0.234. The van der Waals surface area contributed by atoms with Gasteiger partial charge in [0.2, 0.25) is 5.91 Å². The van der Waals surface area contributed by atoms with Gasteiger partial charge in [-0.05, 0) is 78.9 Å². The topological polar surface area (TPSA) is 47.6 Å². The SMILES string of the molecule is CCCCCCCCCCCCCCC[C@@H]1CC(=O)NCCCNCCCCN(C)CCCN1C. The van der Waals surface area contributed by atoms with Crippen molar-refractivity contribution in [3.8, 4) is 0 Å². The Kier molecular flexibility index (Phi) is 22.0. The van der Waals surface area contributed by atoms with Crippen molar-refractivity contribution in [1.82, 2.24) is 20.4 Å². The Hall–Kier alpha value is -0.650. The van der Waals surface area contributed by atoms with Crippen LogP contribution in [0.3, 0.4) is 0 Å². The smallest absolute Gasteiger partial charge is 0.221 e. The van der Waals surface area contributed by atoms with E-state index in [1.54, 1.807) is 0 Å². The molecule has 1 rings (SSSR count). The molecule has 0 bridgehead atoms. The van der Waals surface area contributed by atoms with E-state index in [1.165, 1.54) is 109 Å². The maximum Gasteiger partial charge on any atom is 0.221 e. The Morgan fingerprint density at radius 2 is 1.26 bits per heavy atom. The van der Waals surface area contributed by atoms with Crippen LogP contribution in [-0.2, 0) is 4.79 Å². The summed E-state index contributed by atoms with van der Waals surface area (Å²) >= 11 is 0. The number of nitrogens with one attached hydrogen (secondary N) is 2. The third-order valence-corrected chi connectivity index (χ3v) is 7.73. The first kappa shape index (κ1) is 32.4. The van der Waals surface area contributed by atoms with Crippen molar-refractivity contribution in [1.29, 1.82) is 0 Å². The second kappa shape index (κ2) is 23.7. The molecule has 0 aromatic rings. The number of hydrogen-bond donors (Lipinski definition) is 2. The fourth-order valence-corrected chi connectivity index (χ4v) is 5.24. The van der Waals surface area contributed by atoms with Crippen LogP contribution >= 0.6 is 0 Å². The number of hydrogen-bond acceptors (Lipinski definition) is 4. The maximum absolute atomic E-state index is 12.6. The van der Waals surface area contributed by atoms with E-state index in [4.69, 9.17) is 0 Å². The van der Waals surface area contributed by atoms with Gasteiger partial charge in [0.1, 0.15) is 0 Å². The highest BCUT2D eigenvalue weighted by Crippen LogP contribution is 2.16. The van der Waals surface area contributed by atoms with Crippen molar-refractivity contribution in [2.75, 3.05) is 53.4 Å². The van der Waals surface area contributed by atoms with Crippen LogP contribution in [0.2, 0.25) is 0 Å². The Balaban J connectivity index is 2.25. The molecule has 1 amide bonds. The molecule has 2 N–H and O–H groups in total. The van der Waals surface area contributed by atoms with Crippen LogP contribution in [0.1, 0.15) is 129 Å². The molecule has 5 heteroatoms. The first-order valence-electron chi connectivity index (χ1n) is 15.5. The molecule has 208 valence electrons. The van der Waals surface area contributed by atoms with Crippen LogP contribution in [-0.4, -0.2) is 75.1 Å². The van der Waals surface area contributed by atoms with Crippen LogP contribution in [0.25, 0.3) is 0 Å².